The Kier molecular flexibility index (Phi) is 4.70. The molecule has 0 bridgehead atoms. The molecule has 1 aliphatic heterocycles. The van der Waals surface area contributed by atoms with Crippen molar-refractivity contribution in [3.05, 3.63) is 151 Å². The SMILES string of the molecule is c1ccc(-c2cc(N3c4ccccc4NC34c3ccccc3-c3ccccc34)nc(-c3ccccc3)n2)cc1. The fourth-order valence-electron chi connectivity index (χ4n) is 6.11. The van der Waals surface area contributed by atoms with Gasteiger partial charge in [-0.3, -0.25) is 4.90 Å². The van der Waals surface area contributed by atoms with Gasteiger partial charge < -0.3 is 5.32 Å². The highest BCUT2D eigenvalue weighted by atomic mass is 15.4. The van der Waals surface area contributed by atoms with Crippen molar-refractivity contribution in [3.63, 3.8) is 0 Å². The van der Waals surface area contributed by atoms with Crippen LogP contribution in [-0.4, -0.2) is 9.97 Å². The van der Waals surface area contributed by atoms with E-state index in [0.717, 1.165) is 34.0 Å². The van der Waals surface area contributed by atoms with Gasteiger partial charge in [-0.1, -0.05) is 121 Å². The molecule has 39 heavy (non-hydrogen) atoms. The molecule has 0 unspecified atom stereocenters. The van der Waals surface area contributed by atoms with E-state index in [1.807, 2.05) is 24.3 Å². The fourth-order valence-corrected chi connectivity index (χ4v) is 6.11. The summed E-state index contributed by atoms with van der Waals surface area (Å²) < 4.78 is 0. The van der Waals surface area contributed by atoms with Crippen molar-refractivity contribution < 1.29 is 0 Å². The van der Waals surface area contributed by atoms with Crippen LogP contribution >= 0.6 is 0 Å². The van der Waals surface area contributed by atoms with Crippen molar-refractivity contribution in [2.24, 2.45) is 0 Å². The average Bonchev–Trinajstić information content (AvgIpc) is 3.51. The molecule has 2 aliphatic rings. The van der Waals surface area contributed by atoms with Gasteiger partial charge in [-0.05, 0) is 23.3 Å². The van der Waals surface area contributed by atoms with Crippen LogP contribution in [0.3, 0.4) is 0 Å². The second-order valence-corrected chi connectivity index (χ2v) is 9.95. The highest BCUT2D eigenvalue weighted by molar-refractivity contribution is 5.94. The Morgan fingerprint density at radius 2 is 1.10 bits per heavy atom. The van der Waals surface area contributed by atoms with E-state index in [2.05, 4.69) is 125 Å². The molecule has 0 fully saturated rings. The largest absolute Gasteiger partial charge is 0.353 e. The smallest absolute Gasteiger partial charge is 0.170 e. The van der Waals surface area contributed by atoms with Crippen LogP contribution in [0.1, 0.15) is 11.1 Å². The molecule has 1 spiro atoms. The minimum Gasteiger partial charge on any atom is -0.353 e. The van der Waals surface area contributed by atoms with Crippen molar-refractivity contribution in [1.29, 1.82) is 0 Å². The monoisotopic (exact) mass is 500 g/mol. The van der Waals surface area contributed by atoms with Gasteiger partial charge in [0.25, 0.3) is 0 Å². The molecule has 0 atom stereocenters. The van der Waals surface area contributed by atoms with Gasteiger partial charge in [0.1, 0.15) is 5.82 Å². The number of aromatic nitrogens is 2. The summed E-state index contributed by atoms with van der Waals surface area (Å²) in [6, 6.07) is 48.6. The molecule has 4 heteroatoms. The van der Waals surface area contributed by atoms with Gasteiger partial charge in [0.2, 0.25) is 0 Å². The Morgan fingerprint density at radius 1 is 0.538 bits per heavy atom. The third kappa shape index (κ3) is 3.18. The lowest BCUT2D eigenvalue weighted by Crippen LogP contribution is -2.45. The van der Waals surface area contributed by atoms with E-state index < -0.39 is 5.66 Å². The van der Waals surface area contributed by atoms with Crippen LogP contribution in [0.4, 0.5) is 17.2 Å². The van der Waals surface area contributed by atoms with Gasteiger partial charge in [-0.25, -0.2) is 9.97 Å². The van der Waals surface area contributed by atoms with Gasteiger partial charge in [0, 0.05) is 28.3 Å². The van der Waals surface area contributed by atoms with Gasteiger partial charge >= 0.3 is 0 Å². The van der Waals surface area contributed by atoms with Crippen LogP contribution in [0.5, 0.6) is 0 Å². The highest BCUT2D eigenvalue weighted by Gasteiger charge is 2.53. The molecular formula is C35H24N4. The van der Waals surface area contributed by atoms with E-state index in [-0.39, 0.29) is 0 Å². The van der Waals surface area contributed by atoms with Crippen molar-refractivity contribution in [3.8, 4) is 33.8 Å². The first kappa shape index (κ1) is 21.8. The predicted molar refractivity (Wildman–Crippen MR) is 158 cm³/mol. The first-order chi connectivity index (χ1) is 19.3. The molecule has 1 aliphatic carbocycles. The summed E-state index contributed by atoms with van der Waals surface area (Å²) in [5, 5.41) is 3.95. The number of para-hydroxylation sites is 2. The first-order valence-corrected chi connectivity index (χ1v) is 13.2. The number of nitrogens with zero attached hydrogens (tertiary/aromatic N) is 3. The molecule has 0 amide bonds. The summed E-state index contributed by atoms with van der Waals surface area (Å²) in [6.45, 7) is 0. The van der Waals surface area contributed by atoms with Gasteiger partial charge in [-0.2, -0.15) is 0 Å². The number of hydrogen-bond donors (Lipinski definition) is 1. The fraction of sp³-hybridized carbons (Fsp3) is 0.0286. The molecule has 5 aromatic carbocycles. The van der Waals surface area contributed by atoms with Gasteiger partial charge in [0.05, 0.1) is 17.1 Å². The van der Waals surface area contributed by atoms with Crippen LogP contribution in [0.15, 0.2) is 140 Å². The number of benzene rings is 5. The molecule has 0 radical (unpaired) electrons. The van der Waals surface area contributed by atoms with Gasteiger partial charge in [0.15, 0.2) is 11.5 Å². The molecule has 1 N–H and O–H groups in total. The van der Waals surface area contributed by atoms with Crippen molar-refractivity contribution >= 4 is 17.2 Å². The number of rotatable bonds is 3. The maximum atomic E-state index is 5.25. The zero-order chi connectivity index (χ0) is 25.8. The molecule has 6 aromatic rings. The Labute approximate surface area is 227 Å². The number of nitrogens with one attached hydrogen (secondary N) is 1. The topological polar surface area (TPSA) is 41.0 Å². The number of fused-ring (bicyclic) bond motifs is 6. The average molecular weight is 501 g/mol. The normalized spacial score (nSPS) is 14.0. The second-order valence-electron chi connectivity index (χ2n) is 9.95. The van der Waals surface area contributed by atoms with Crippen LogP contribution in [0.25, 0.3) is 33.8 Å². The van der Waals surface area contributed by atoms with E-state index in [4.69, 9.17) is 9.97 Å². The summed E-state index contributed by atoms with van der Waals surface area (Å²) in [7, 11) is 0. The zero-order valence-electron chi connectivity index (χ0n) is 21.1. The van der Waals surface area contributed by atoms with Crippen molar-refractivity contribution in [2.45, 2.75) is 5.66 Å². The lowest BCUT2D eigenvalue weighted by molar-refractivity contribution is 0.635. The third-order valence-corrected chi connectivity index (χ3v) is 7.76. The van der Waals surface area contributed by atoms with Gasteiger partial charge in [-0.15, -0.1) is 0 Å². The Morgan fingerprint density at radius 3 is 1.79 bits per heavy atom. The maximum Gasteiger partial charge on any atom is 0.170 e. The van der Waals surface area contributed by atoms with Crippen molar-refractivity contribution in [2.75, 3.05) is 10.2 Å². The quantitative estimate of drug-likeness (QED) is 0.266. The molecule has 2 heterocycles. The number of hydrogen-bond acceptors (Lipinski definition) is 4. The maximum absolute atomic E-state index is 5.25. The van der Waals surface area contributed by atoms with E-state index >= 15 is 0 Å². The van der Waals surface area contributed by atoms with E-state index in [1.54, 1.807) is 0 Å². The summed E-state index contributed by atoms with van der Waals surface area (Å²) in [4.78, 5) is 12.7. The molecule has 1 aromatic heterocycles. The second kappa shape index (κ2) is 8.40. The minimum atomic E-state index is -0.646. The summed E-state index contributed by atoms with van der Waals surface area (Å²) in [5.41, 5.74) is 9.33. The lowest BCUT2D eigenvalue weighted by atomic mass is 9.95. The Bertz CT molecular complexity index is 1740. The lowest BCUT2D eigenvalue weighted by Gasteiger charge is -2.38. The van der Waals surface area contributed by atoms with E-state index in [0.29, 0.717) is 5.82 Å². The molecule has 4 nitrogen and oxygen atoms in total. The molecular weight excluding hydrogens is 476 g/mol. The third-order valence-electron chi connectivity index (χ3n) is 7.76. The number of anilines is 3. The molecule has 8 rings (SSSR count). The summed E-state index contributed by atoms with van der Waals surface area (Å²) >= 11 is 0. The Hall–Kier alpha value is -5.22. The molecule has 0 saturated heterocycles. The van der Waals surface area contributed by atoms with E-state index in [1.165, 1.54) is 22.3 Å². The summed E-state index contributed by atoms with van der Waals surface area (Å²) in [5.74, 6) is 1.54. The first-order valence-electron chi connectivity index (χ1n) is 13.2. The molecule has 184 valence electrons. The minimum absolute atomic E-state index is 0.646. The standard InChI is InChI=1S/C35H24N4/c1-3-13-24(14-4-1)31-23-33(37-34(36-31)25-15-5-2-6-16-25)39-32-22-12-11-21-30(32)38-35(39)28-19-9-7-17-26(28)27-18-8-10-20-29(27)35/h1-23,38H. The predicted octanol–water partition coefficient (Wildman–Crippen LogP) is 8.26. The van der Waals surface area contributed by atoms with Crippen LogP contribution in [0, 0.1) is 0 Å². The van der Waals surface area contributed by atoms with E-state index in [9.17, 15) is 0 Å². The van der Waals surface area contributed by atoms with Crippen LogP contribution in [-0.2, 0) is 5.66 Å². The Balaban J connectivity index is 1.45. The zero-order valence-corrected chi connectivity index (χ0v) is 21.1. The van der Waals surface area contributed by atoms with Crippen LogP contribution in [0.2, 0.25) is 0 Å². The van der Waals surface area contributed by atoms with Crippen molar-refractivity contribution in [1.82, 2.24) is 9.97 Å². The molecule has 0 saturated carbocycles. The highest BCUT2D eigenvalue weighted by Crippen LogP contribution is 2.59. The van der Waals surface area contributed by atoms with Crippen LogP contribution < -0.4 is 10.2 Å². The summed E-state index contributed by atoms with van der Waals surface area (Å²) in [6.07, 6.45) is 0.